The molecule has 0 N–H and O–H groups in total. The van der Waals surface area contributed by atoms with Gasteiger partial charge in [-0.25, -0.2) is 8.42 Å². The van der Waals surface area contributed by atoms with Crippen molar-refractivity contribution in [1.29, 1.82) is 0 Å². The van der Waals surface area contributed by atoms with Crippen LogP contribution in [0.4, 0.5) is 0 Å². The monoisotopic (exact) mass is 298 g/mol. The first-order chi connectivity index (χ1) is 6.94. The van der Waals surface area contributed by atoms with Crippen molar-refractivity contribution in [3.05, 3.63) is 0 Å². The molecule has 1 rings (SSSR count). The Labute approximate surface area is 101 Å². The van der Waals surface area contributed by atoms with Crippen molar-refractivity contribution >= 4 is 25.8 Å². The molecule has 15 heavy (non-hydrogen) atoms. The maximum Gasteiger partial charge on any atom is 0.154 e. The summed E-state index contributed by atoms with van der Waals surface area (Å²) in [7, 11) is -2.88. The number of ether oxygens (including phenoxy) is 1. The summed E-state index contributed by atoms with van der Waals surface area (Å²) in [6.45, 7) is 4.94. The minimum atomic E-state index is -2.88. The molecule has 1 aliphatic heterocycles. The highest BCUT2D eigenvalue weighted by atomic mass is 79.9. The molecule has 0 bridgehead atoms. The van der Waals surface area contributed by atoms with Gasteiger partial charge in [-0.15, -0.1) is 0 Å². The molecule has 3 atom stereocenters. The van der Waals surface area contributed by atoms with Crippen molar-refractivity contribution in [3.63, 3.8) is 0 Å². The molecule has 0 aliphatic carbocycles. The Kier molecular flexibility index (Phi) is 5.06. The van der Waals surface area contributed by atoms with Crippen LogP contribution in [0.2, 0.25) is 0 Å². The van der Waals surface area contributed by atoms with Gasteiger partial charge in [0.15, 0.2) is 9.84 Å². The highest BCUT2D eigenvalue weighted by Crippen LogP contribution is 2.23. The summed E-state index contributed by atoms with van der Waals surface area (Å²) >= 11 is 3.37. The number of rotatable bonds is 5. The molecule has 0 aromatic carbocycles. The van der Waals surface area contributed by atoms with Gasteiger partial charge in [-0.1, -0.05) is 36.2 Å². The SMILES string of the molecule is CCCC(C)COC1CS(=O)(=O)CC1Br. The van der Waals surface area contributed by atoms with Crippen LogP contribution in [0.3, 0.4) is 0 Å². The summed E-state index contributed by atoms with van der Waals surface area (Å²) in [5, 5.41) is 0. The van der Waals surface area contributed by atoms with Gasteiger partial charge in [0, 0.05) is 6.61 Å². The largest absolute Gasteiger partial charge is 0.376 e. The molecule has 0 aromatic heterocycles. The van der Waals surface area contributed by atoms with E-state index in [1.54, 1.807) is 0 Å². The fourth-order valence-electron chi connectivity index (χ4n) is 1.79. The van der Waals surface area contributed by atoms with Crippen LogP contribution in [0.25, 0.3) is 0 Å². The van der Waals surface area contributed by atoms with Crippen LogP contribution in [0.1, 0.15) is 26.7 Å². The van der Waals surface area contributed by atoms with Crippen LogP contribution in [0.5, 0.6) is 0 Å². The predicted molar refractivity (Wildman–Crippen MR) is 65.2 cm³/mol. The minimum Gasteiger partial charge on any atom is -0.376 e. The lowest BCUT2D eigenvalue weighted by atomic mass is 10.1. The third-order valence-electron chi connectivity index (χ3n) is 2.61. The van der Waals surface area contributed by atoms with Gasteiger partial charge in [-0.3, -0.25) is 0 Å². The maximum absolute atomic E-state index is 11.3. The molecule has 0 radical (unpaired) electrons. The van der Waals surface area contributed by atoms with Crippen molar-refractivity contribution in [3.8, 4) is 0 Å². The second kappa shape index (κ2) is 5.64. The van der Waals surface area contributed by atoms with Crippen molar-refractivity contribution in [2.24, 2.45) is 5.92 Å². The standard InChI is InChI=1S/C10H19BrO3S/c1-3-4-8(2)5-14-10-7-15(12,13)6-9(10)11/h8-10H,3-7H2,1-2H3. The van der Waals surface area contributed by atoms with E-state index in [0.29, 0.717) is 12.5 Å². The summed E-state index contributed by atoms with van der Waals surface area (Å²) in [5.74, 6) is 0.889. The zero-order valence-corrected chi connectivity index (χ0v) is 11.7. The Balaban J connectivity index is 2.34. The third kappa shape index (κ3) is 4.41. The Morgan fingerprint density at radius 3 is 2.60 bits per heavy atom. The zero-order valence-electron chi connectivity index (χ0n) is 9.28. The minimum absolute atomic E-state index is 0.0312. The van der Waals surface area contributed by atoms with Crippen LogP contribution >= 0.6 is 15.9 Å². The Bertz CT molecular complexity index is 289. The summed E-state index contributed by atoms with van der Waals surface area (Å²) in [4.78, 5) is -0.0312. The molecular weight excluding hydrogens is 280 g/mol. The van der Waals surface area contributed by atoms with Crippen LogP contribution in [0, 0.1) is 5.92 Å². The molecule has 3 nitrogen and oxygen atoms in total. The van der Waals surface area contributed by atoms with Crippen LogP contribution < -0.4 is 0 Å². The molecular formula is C10H19BrO3S. The molecule has 1 aliphatic rings. The highest BCUT2D eigenvalue weighted by Gasteiger charge is 2.36. The van der Waals surface area contributed by atoms with Crippen LogP contribution in [-0.4, -0.2) is 37.5 Å². The first kappa shape index (κ1) is 13.5. The van der Waals surface area contributed by atoms with Gasteiger partial charge in [-0.05, 0) is 12.3 Å². The number of hydrogen-bond donors (Lipinski definition) is 0. The van der Waals surface area contributed by atoms with E-state index in [1.165, 1.54) is 0 Å². The van der Waals surface area contributed by atoms with Crippen molar-refractivity contribution in [1.82, 2.24) is 0 Å². The Morgan fingerprint density at radius 1 is 1.47 bits per heavy atom. The zero-order chi connectivity index (χ0) is 11.5. The fourth-order valence-corrected chi connectivity index (χ4v) is 5.25. The third-order valence-corrected chi connectivity index (χ3v) is 5.66. The van der Waals surface area contributed by atoms with E-state index in [1.807, 2.05) is 0 Å². The number of halogens is 1. The second-order valence-corrected chi connectivity index (χ2v) is 7.69. The van der Waals surface area contributed by atoms with Crippen LogP contribution in [0.15, 0.2) is 0 Å². The molecule has 0 spiro atoms. The van der Waals surface area contributed by atoms with Gasteiger partial charge in [0.25, 0.3) is 0 Å². The molecule has 1 heterocycles. The first-order valence-electron chi connectivity index (χ1n) is 5.40. The van der Waals surface area contributed by atoms with Crippen molar-refractivity contribution in [2.45, 2.75) is 37.6 Å². The summed E-state index contributed by atoms with van der Waals surface area (Å²) in [6, 6.07) is 0. The second-order valence-electron chi connectivity index (χ2n) is 4.36. The van der Waals surface area contributed by atoms with Crippen LogP contribution in [-0.2, 0) is 14.6 Å². The average molecular weight is 299 g/mol. The average Bonchev–Trinajstić information content (AvgIpc) is 2.36. The topological polar surface area (TPSA) is 43.4 Å². The quantitative estimate of drug-likeness (QED) is 0.729. The van der Waals surface area contributed by atoms with Gasteiger partial charge in [0.05, 0.1) is 22.4 Å². The lowest BCUT2D eigenvalue weighted by Crippen LogP contribution is -2.24. The molecule has 1 fully saturated rings. The van der Waals surface area contributed by atoms with Gasteiger partial charge in [-0.2, -0.15) is 0 Å². The molecule has 5 heteroatoms. The Morgan fingerprint density at radius 2 is 2.13 bits per heavy atom. The van der Waals surface area contributed by atoms with Gasteiger partial charge in [0.2, 0.25) is 0 Å². The molecule has 0 saturated carbocycles. The highest BCUT2D eigenvalue weighted by molar-refractivity contribution is 9.09. The fraction of sp³-hybridized carbons (Fsp3) is 1.00. The molecule has 1 saturated heterocycles. The Hall–Kier alpha value is 0.390. The predicted octanol–water partition coefficient (Wildman–Crippen LogP) is 2.00. The van der Waals surface area contributed by atoms with Crippen molar-refractivity contribution < 1.29 is 13.2 Å². The van der Waals surface area contributed by atoms with Gasteiger partial charge < -0.3 is 4.74 Å². The smallest absolute Gasteiger partial charge is 0.154 e. The van der Waals surface area contributed by atoms with E-state index in [9.17, 15) is 8.42 Å². The normalized spacial score (nSPS) is 31.7. The van der Waals surface area contributed by atoms with Crippen molar-refractivity contribution in [2.75, 3.05) is 18.1 Å². The lowest BCUT2D eigenvalue weighted by Gasteiger charge is -2.17. The number of sulfone groups is 1. The van der Waals surface area contributed by atoms with E-state index < -0.39 is 9.84 Å². The molecule has 0 aromatic rings. The van der Waals surface area contributed by atoms with Gasteiger partial charge in [0.1, 0.15) is 0 Å². The summed E-state index contributed by atoms with van der Waals surface area (Å²) in [5.41, 5.74) is 0. The molecule has 3 unspecified atom stereocenters. The summed E-state index contributed by atoms with van der Waals surface area (Å²) in [6.07, 6.45) is 2.12. The number of hydrogen-bond acceptors (Lipinski definition) is 3. The molecule has 90 valence electrons. The van der Waals surface area contributed by atoms with E-state index >= 15 is 0 Å². The lowest BCUT2D eigenvalue weighted by molar-refractivity contribution is 0.0504. The maximum atomic E-state index is 11.3. The summed E-state index contributed by atoms with van der Waals surface area (Å²) < 4.78 is 28.3. The van der Waals surface area contributed by atoms with Gasteiger partial charge >= 0.3 is 0 Å². The van der Waals surface area contributed by atoms with E-state index in [2.05, 4.69) is 29.8 Å². The molecule has 0 amide bonds. The number of alkyl halides is 1. The first-order valence-corrected chi connectivity index (χ1v) is 8.14. The van der Waals surface area contributed by atoms with E-state index in [-0.39, 0.29) is 22.4 Å². The van der Waals surface area contributed by atoms with E-state index in [4.69, 9.17) is 4.74 Å². The van der Waals surface area contributed by atoms with E-state index in [0.717, 1.165) is 12.8 Å².